The highest BCUT2D eigenvalue weighted by Gasteiger charge is 2.21. The van der Waals surface area contributed by atoms with Gasteiger partial charge >= 0.3 is 0 Å². The molecule has 0 spiro atoms. The Morgan fingerprint density at radius 2 is 1.09 bits per heavy atom. The van der Waals surface area contributed by atoms with Crippen LogP contribution >= 0.6 is 0 Å². The Bertz CT molecular complexity index is 693. The normalized spacial score (nSPS) is 12.6. The van der Waals surface area contributed by atoms with E-state index >= 15 is 0 Å². The van der Waals surface area contributed by atoms with Crippen molar-refractivity contribution in [3.8, 4) is 0 Å². The molecule has 1 atom stereocenters. The highest BCUT2D eigenvalue weighted by Crippen LogP contribution is 2.14. The first-order valence-electron chi connectivity index (χ1n) is 8.05. The van der Waals surface area contributed by atoms with Crippen LogP contribution in [0.15, 0.2) is 97.1 Å². The highest BCUT2D eigenvalue weighted by molar-refractivity contribution is 6.86. The Morgan fingerprint density at radius 3 is 1.57 bits per heavy atom. The van der Waals surface area contributed by atoms with Gasteiger partial charge in [-0.05, 0) is 11.1 Å². The fraction of sp³-hybridized carbons (Fsp3) is 0.0909. The van der Waals surface area contributed by atoms with Gasteiger partial charge in [0, 0.05) is 0 Å². The standard InChI is InChI=1S/C22H21Si/c1-19(17-18-20-11-5-2-6-12-20)23(21-13-7-3-8-14-21)22-15-9-4-10-16-22/h2-19H,1H3/b18-17+. The maximum atomic E-state index is 2.36. The van der Waals surface area contributed by atoms with E-state index in [0.717, 1.165) is 0 Å². The van der Waals surface area contributed by atoms with Gasteiger partial charge in [-0.2, -0.15) is 0 Å². The minimum Gasteiger partial charge on any atom is -0.0833 e. The molecule has 1 radical (unpaired) electrons. The van der Waals surface area contributed by atoms with E-state index in [1.807, 2.05) is 0 Å². The van der Waals surface area contributed by atoms with Crippen molar-refractivity contribution < 1.29 is 0 Å². The van der Waals surface area contributed by atoms with Crippen LogP contribution in [-0.2, 0) is 0 Å². The third-order valence-corrected chi connectivity index (χ3v) is 7.02. The predicted octanol–water partition coefficient (Wildman–Crippen LogP) is 4.40. The summed E-state index contributed by atoms with van der Waals surface area (Å²) in [5.74, 6) is 0. The molecule has 0 saturated carbocycles. The van der Waals surface area contributed by atoms with Crippen molar-refractivity contribution in [3.05, 3.63) is 103 Å². The molecule has 0 aliphatic carbocycles. The van der Waals surface area contributed by atoms with Crippen molar-refractivity contribution in [1.82, 2.24) is 0 Å². The second-order valence-electron chi connectivity index (χ2n) is 5.70. The molecule has 23 heavy (non-hydrogen) atoms. The van der Waals surface area contributed by atoms with Gasteiger partial charge in [0.25, 0.3) is 0 Å². The molecule has 0 aliphatic rings. The van der Waals surface area contributed by atoms with Gasteiger partial charge < -0.3 is 0 Å². The summed E-state index contributed by atoms with van der Waals surface area (Å²) in [7, 11) is -0.834. The zero-order valence-electron chi connectivity index (χ0n) is 13.4. The summed E-state index contributed by atoms with van der Waals surface area (Å²) in [4.78, 5) is 0. The molecular formula is C22H21Si. The summed E-state index contributed by atoms with van der Waals surface area (Å²) in [5, 5.41) is 2.93. The number of rotatable bonds is 5. The van der Waals surface area contributed by atoms with Crippen LogP contribution in [-0.4, -0.2) is 8.80 Å². The second kappa shape index (κ2) is 7.75. The van der Waals surface area contributed by atoms with Crippen molar-refractivity contribution in [2.75, 3.05) is 0 Å². The van der Waals surface area contributed by atoms with Gasteiger partial charge in [0.2, 0.25) is 0 Å². The lowest BCUT2D eigenvalue weighted by Gasteiger charge is -2.20. The van der Waals surface area contributed by atoms with E-state index < -0.39 is 8.80 Å². The third-order valence-electron chi connectivity index (χ3n) is 4.00. The Kier molecular flexibility index (Phi) is 5.23. The van der Waals surface area contributed by atoms with E-state index in [1.165, 1.54) is 15.9 Å². The summed E-state index contributed by atoms with van der Waals surface area (Å²) in [6, 6.07) is 32.4. The maximum Gasteiger partial charge on any atom is 0.128 e. The van der Waals surface area contributed by atoms with Gasteiger partial charge in [-0.1, -0.05) is 120 Å². The summed E-state index contributed by atoms with van der Waals surface area (Å²) in [6.07, 6.45) is 4.62. The van der Waals surface area contributed by atoms with E-state index in [4.69, 9.17) is 0 Å². The summed E-state index contributed by atoms with van der Waals surface area (Å²) < 4.78 is 0. The average Bonchev–Trinajstić information content (AvgIpc) is 2.63. The molecule has 3 rings (SSSR count). The molecule has 1 heteroatoms. The van der Waals surface area contributed by atoms with Crippen LogP contribution in [0.3, 0.4) is 0 Å². The van der Waals surface area contributed by atoms with E-state index in [0.29, 0.717) is 5.54 Å². The van der Waals surface area contributed by atoms with Crippen LogP contribution < -0.4 is 10.4 Å². The molecule has 0 aromatic heterocycles. The van der Waals surface area contributed by atoms with Crippen LogP contribution in [0.4, 0.5) is 0 Å². The minimum absolute atomic E-state index is 0.519. The molecule has 0 bridgehead atoms. The quantitative estimate of drug-likeness (QED) is 0.613. The molecule has 0 N–H and O–H groups in total. The van der Waals surface area contributed by atoms with Crippen LogP contribution in [0.5, 0.6) is 0 Å². The fourth-order valence-corrected chi connectivity index (χ4v) is 5.62. The van der Waals surface area contributed by atoms with Crippen LogP contribution in [0.25, 0.3) is 6.08 Å². The van der Waals surface area contributed by atoms with Gasteiger partial charge in [0.15, 0.2) is 0 Å². The fourth-order valence-electron chi connectivity index (χ4n) is 2.84. The molecule has 3 aromatic rings. The van der Waals surface area contributed by atoms with Gasteiger partial charge in [0.05, 0.1) is 0 Å². The largest absolute Gasteiger partial charge is 0.128 e. The van der Waals surface area contributed by atoms with Crippen molar-refractivity contribution in [3.63, 3.8) is 0 Å². The van der Waals surface area contributed by atoms with Gasteiger partial charge in [-0.15, -0.1) is 0 Å². The first kappa shape index (κ1) is 15.5. The zero-order chi connectivity index (χ0) is 15.9. The lowest BCUT2D eigenvalue weighted by Crippen LogP contribution is -2.44. The zero-order valence-corrected chi connectivity index (χ0v) is 14.4. The monoisotopic (exact) mass is 313 g/mol. The molecule has 0 nitrogen and oxygen atoms in total. The minimum atomic E-state index is -0.834. The topological polar surface area (TPSA) is 0 Å². The van der Waals surface area contributed by atoms with Gasteiger partial charge in [-0.3, -0.25) is 0 Å². The summed E-state index contributed by atoms with van der Waals surface area (Å²) >= 11 is 0. The Balaban J connectivity index is 1.91. The van der Waals surface area contributed by atoms with Crippen molar-refractivity contribution >= 4 is 25.2 Å². The highest BCUT2D eigenvalue weighted by atomic mass is 28.3. The van der Waals surface area contributed by atoms with Crippen LogP contribution in [0, 0.1) is 0 Å². The number of hydrogen-bond donors (Lipinski definition) is 0. The molecule has 0 saturated heterocycles. The van der Waals surface area contributed by atoms with Crippen molar-refractivity contribution in [2.24, 2.45) is 0 Å². The van der Waals surface area contributed by atoms with Crippen molar-refractivity contribution in [2.45, 2.75) is 12.5 Å². The summed E-state index contributed by atoms with van der Waals surface area (Å²) in [6.45, 7) is 2.34. The number of benzene rings is 3. The van der Waals surface area contributed by atoms with E-state index in [2.05, 4.69) is 110 Å². The number of allylic oxidation sites excluding steroid dienone is 1. The van der Waals surface area contributed by atoms with E-state index in [9.17, 15) is 0 Å². The molecule has 1 unspecified atom stereocenters. The Labute approximate surface area is 140 Å². The van der Waals surface area contributed by atoms with Crippen LogP contribution in [0.2, 0.25) is 5.54 Å². The average molecular weight is 313 g/mol. The molecule has 0 heterocycles. The second-order valence-corrected chi connectivity index (χ2v) is 8.60. The molecular weight excluding hydrogens is 292 g/mol. The lowest BCUT2D eigenvalue weighted by molar-refractivity contribution is 1.19. The molecule has 0 fully saturated rings. The molecule has 113 valence electrons. The predicted molar refractivity (Wildman–Crippen MR) is 103 cm³/mol. The van der Waals surface area contributed by atoms with E-state index in [1.54, 1.807) is 0 Å². The van der Waals surface area contributed by atoms with Crippen molar-refractivity contribution in [1.29, 1.82) is 0 Å². The molecule has 3 aromatic carbocycles. The maximum absolute atomic E-state index is 2.36. The molecule has 0 aliphatic heterocycles. The third kappa shape index (κ3) is 4.08. The first-order chi connectivity index (χ1) is 11.3. The van der Waals surface area contributed by atoms with E-state index in [-0.39, 0.29) is 0 Å². The van der Waals surface area contributed by atoms with Gasteiger partial charge in [-0.25, -0.2) is 0 Å². The SMILES string of the molecule is CC(/C=C/c1ccccc1)[Si](c1ccccc1)c1ccccc1. The smallest absolute Gasteiger partial charge is 0.0833 e. The Hall–Kier alpha value is -2.38. The Morgan fingerprint density at radius 1 is 0.652 bits per heavy atom. The lowest BCUT2D eigenvalue weighted by atomic mass is 10.2. The summed E-state index contributed by atoms with van der Waals surface area (Å²) in [5.41, 5.74) is 1.78. The first-order valence-corrected chi connectivity index (χ1v) is 9.63. The number of hydrogen-bond acceptors (Lipinski definition) is 0. The van der Waals surface area contributed by atoms with Crippen LogP contribution in [0.1, 0.15) is 12.5 Å². The van der Waals surface area contributed by atoms with Gasteiger partial charge in [0.1, 0.15) is 8.80 Å². The molecule has 0 amide bonds.